The summed E-state index contributed by atoms with van der Waals surface area (Å²) < 4.78 is 29.8. The minimum absolute atomic E-state index is 0.0246. The molecular weight excluding hydrogens is 368 g/mol. The molecule has 1 atom stereocenters. The van der Waals surface area contributed by atoms with Gasteiger partial charge in [-0.1, -0.05) is 38.9 Å². The molecule has 8 nitrogen and oxygen atoms in total. The smallest absolute Gasteiger partial charge is 0.270 e. The molecule has 1 unspecified atom stereocenters. The van der Waals surface area contributed by atoms with Crippen LogP contribution in [-0.4, -0.2) is 35.2 Å². The van der Waals surface area contributed by atoms with E-state index in [0.29, 0.717) is 18.1 Å². The number of aryl methyl sites for hydroxylation is 1. The molecule has 9 heteroatoms. The van der Waals surface area contributed by atoms with E-state index in [0.717, 1.165) is 0 Å². The first-order valence-corrected chi connectivity index (χ1v) is 10.5. The number of hydrogen-bond donors (Lipinski definition) is 1. The fourth-order valence-electron chi connectivity index (χ4n) is 2.63. The van der Waals surface area contributed by atoms with Crippen LogP contribution in [0, 0.1) is 18.8 Å². The Morgan fingerprint density at radius 2 is 1.85 bits per heavy atom. The van der Waals surface area contributed by atoms with Crippen molar-refractivity contribution in [3.8, 4) is 0 Å². The highest BCUT2D eigenvalue weighted by Gasteiger charge is 2.24. The van der Waals surface area contributed by atoms with Gasteiger partial charge in [0.05, 0.1) is 11.8 Å². The Morgan fingerprint density at radius 3 is 2.41 bits per heavy atom. The van der Waals surface area contributed by atoms with Crippen LogP contribution >= 0.6 is 0 Å². The van der Waals surface area contributed by atoms with Crippen LogP contribution in [0.25, 0.3) is 0 Å². The van der Waals surface area contributed by atoms with Gasteiger partial charge in [-0.2, -0.15) is 4.98 Å². The second-order valence-electron chi connectivity index (χ2n) is 7.36. The quantitative estimate of drug-likeness (QED) is 0.732. The average Bonchev–Trinajstić information content (AvgIpc) is 2.99. The lowest BCUT2D eigenvalue weighted by Crippen LogP contribution is -2.31. The van der Waals surface area contributed by atoms with E-state index in [9.17, 15) is 13.2 Å². The van der Waals surface area contributed by atoms with Crippen LogP contribution in [0.2, 0.25) is 0 Å². The zero-order valence-electron chi connectivity index (χ0n) is 16.3. The number of hydrogen-bond acceptors (Lipinski definition) is 7. The van der Waals surface area contributed by atoms with Gasteiger partial charge in [-0.25, -0.2) is 13.4 Å². The van der Waals surface area contributed by atoms with Crippen LogP contribution in [0.5, 0.6) is 0 Å². The minimum atomic E-state index is -3.54. The molecule has 0 saturated heterocycles. The van der Waals surface area contributed by atoms with Crippen molar-refractivity contribution in [3.05, 3.63) is 35.6 Å². The second-order valence-corrected chi connectivity index (χ2v) is 9.34. The van der Waals surface area contributed by atoms with Crippen molar-refractivity contribution in [1.29, 1.82) is 0 Å². The van der Waals surface area contributed by atoms with Crippen molar-refractivity contribution in [2.45, 2.75) is 52.1 Å². The first-order valence-electron chi connectivity index (χ1n) is 8.89. The fourth-order valence-corrected chi connectivity index (χ4v) is 4.20. The third kappa shape index (κ3) is 5.85. The van der Waals surface area contributed by atoms with E-state index in [2.05, 4.69) is 20.4 Å². The van der Waals surface area contributed by atoms with E-state index < -0.39 is 21.8 Å². The molecule has 148 valence electrons. The van der Waals surface area contributed by atoms with Crippen molar-refractivity contribution < 1.29 is 17.7 Å². The molecule has 0 saturated carbocycles. The predicted octanol–water partition coefficient (Wildman–Crippen LogP) is 2.72. The van der Waals surface area contributed by atoms with E-state index in [1.807, 2.05) is 27.7 Å². The maximum absolute atomic E-state index is 12.7. The molecule has 0 aliphatic carbocycles. The van der Waals surface area contributed by atoms with Crippen LogP contribution in [0.1, 0.15) is 62.4 Å². The van der Waals surface area contributed by atoms with Crippen LogP contribution in [0.15, 0.2) is 27.7 Å². The Morgan fingerprint density at radius 1 is 1.15 bits per heavy atom. The molecule has 0 radical (unpaired) electrons. The number of carbonyl (C=O) groups is 1. The van der Waals surface area contributed by atoms with Gasteiger partial charge in [0.15, 0.2) is 20.7 Å². The van der Waals surface area contributed by atoms with Gasteiger partial charge in [-0.15, -0.1) is 0 Å². The van der Waals surface area contributed by atoms with Gasteiger partial charge in [-0.3, -0.25) is 4.79 Å². The summed E-state index contributed by atoms with van der Waals surface area (Å²) in [6.07, 6.45) is 0.607. The third-order valence-corrected chi connectivity index (χ3v) is 5.67. The predicted molar refractivity (Wildman–Crippen MR) is 99.8 cm³/mol. The lowest BCUT2D eigenvalue weighted by molar-refractivity contribution is 0.0923. The number of rotatable bonds is 8. The minimum Gasteiger partial charge on any atom is -0.341 e. The lowest BCUT2D eigenvalue weighted by atomic mass is 10.0. The van der Waals surface area contributed by atoms with Crippen molar-refractivity contribution in [3.63, 3.8) is 0 Å². The number of nitrogens with one attached hydrogen (secondary N) is 1. The normalized spacial score (nSPS) is 13.1. The maximum atomic E-state index is 12.7. The maximum Gasteiger partial charge on any atom is 0.270 e. The summed E-state index contributed by atoms with van der Waals surface area (Å²) in [6, 6.07) is 3.96. The molecule has 0 spiro atoms. The monoisotopic (exact) mass is 394 g/mol. The molecule has 0 bridgehead atoms. The van der Waals surface area contributed by atoms with Crippen LogP contribution < -0.4 is 5.32 Å². The fraction of sp³-hybridized carbons (Fsp3) is 0.556. The molecule has 2 aromatic heterocycles. The van der Waals surface area contributed by atoms with E-state index in [1.54, 1.807) is 6.92 Å². The Balaban J connectivity index is 2.24. The highest BCUT2D eigenvalue weighted by molar-refractivity contribution is 7.91. The highest BCUT2D eigenvalue weighted by Crippen LogP contribution is 2.20. The zero-order valence-corrected chi connectivity index (χ0v) is 17.1. The molecule has 0 aromatic carbocycles. The van der Waals surface area contributed by atoms with Crippen molar-refractivity contribution in [2.75, 3.05) is 5.75 Å². The lowest BCUT2D eigenvalue weighted by Gasteiger charge is -2.17. The van der Waals surface area contributed by atoms with Crippen molar-refractivity contribution >= 4 is 15.7 Å². The molecule has 2 rings (SSSR count). The number of carbonyl (C=O) groups excluding carboxylic acids is 1. The van der Waals surface area contributed by atoms with E-state index in [1.165, 1.54) is 18.2 Å². The first-order chi connectivity index (χ1) is 12.6. The summed E-state index contributed by atoms with van der Waals surface area (Å²) in [5.41, 5.74) is 0.0359. The molecule has 2 heterocycles. The molecule has 27 heavy (non-hydrogen) atoms. The van der Waals surface area contributed by atoms with Crippen molar-refractivity contribution in [2.24, 2.45) is 11.8 Å². The van der Waals surface area contributed by atoms with Crippen LogP contribution in [0.3, 0.4) is 0 Å². The number of aromatic nitrogens is 3. The molecule has 0 fully saturated rings. The summed E-state index contributed by atoms with van der Waals surface area (Å²) in [5, 5.41) is 6.62. The molecule has 0 aliphatic rings. The molecule has 1 amide bonds. The van der Waals surface area contributed by atoms with Gasteiger partial charge >= 0.3 is 0 Å². The van der Waals surface area contributed by atoms with E-state index in [4.69, 9.17) is 4.52 Å². The molecular formula is C18H26N4O4S. The van der Waals surface area contributed by atoms with Crippen LogP contribution in [0.4, 0.5) is 0 Å². The van der Waals surface area contributed by atoms with Gasteiger partial charge in [-0.05, 0) is 30.4 Å². The average molecular weight is 394 g/mol. The Labute approximate surface area is 159 Å². The number of amides is 1. The van der Waals surface area contributed by atoms with Gasteiger partial charge in [0.1, 0.15) is 5.69 Å². The Kier molecular flexibility index (Phi) is 6.69. The summed E-state index contributed by atoms with van der Waals surface area (Å²) in [4.78, 5) is 20.9. The zero-order chi connectivity index (χ0) is 20.2. The highest BCUT2D eigenvalue weighted by atomic mass is 32.2. The SMILES string of the molecule is Cc1nc(C(CC(C)C)NC(=O)c2cccc(S(=O)(=O)CC(C)C)n2)no1. The van der Waals surface area contributed by atoms with Gasteiger partial charge in [0.2, 0.25) is 5.89 Å². The number of pyridine rings is 1. The topological polar surface area (TPSA) is 115 Å². The van der Waals surface area contributed by atoms with E-state index in [-0.39, 0.29) is 28.3 Å². The third-order valence-electron chi connectivity index (χ3n) is 3.69. The van der Waals surface area contributed by atoms with Crippen LogP contribution in [-0.2, 0) is 9.84 Å². The largest absolute Gasteiger partial charge is 0.341 e. The van der Waals surface area contributed by atoms with Gasteiger partial charge in [0, 0.05) is 6.92 Å². The number of sulfone groups is 1. The van der Waals surface area contributed by atoms with Gasteiger partial charge in [0.25, 0.3) is 5.91 Å². The van der Waals surface area contributed by atoms with Gasteiger partial charge < -0.3 is 9.84 Å². The molecule has 2 aromatic rings. The summed E-state index contributed by atoms with van der Waals surface area (Å²) in [5.74, 6) is 0.533. The summed E-state index contributed by atoms with van der Waals surface area (Å²) in [7, 11) is -3.54. The standard InChI is InChI=1S/C18H26N4O4S/c1-11(2)9-15(17-19-13(5)26-22-17)21-18(23)14-7-6-8-16(20-14)27(24,25)10-12(3)4/h6-8,11-12,15H,9-10H2,1-5H3,(H,21,23). The molecule has 0 aliphatic heterocycles. The molecule has 1 N–H and O–H groups in total. The summed E-state index contributed by atoms with van der Waals surface area (Å²) in [6.45, 7) is 9.34. The second kappa shape index (κ2) is 8.60. The van der Waals surface area contributed by atoms with E-state index >= 15 is 0 Å². The number of nitrogens with zero attached hydrogens (tertiary/aromatic N) is 3. The Bertz CT molecular complexity index is 890. The van der Waals surface area contributed by atoms with Crippen molar-refractivity contribution in [1.82, 2.24) is 20.4 Å². The first kappa shape index (κ1) is 21.0. The summed E-state index contributed by atoms with van der Waals surface area (Å²) >= 11 is 0. The Hall–Kier alpha value is -2.29.